The molecule has 3 heteroatoms. The van der Waals surface area contributed by atoms with Crippen molar-refractivity contribution < 1.29 is 4.74 Å². The van der Waals surface area contributed by atoms with E-state index in [9.17, 15) is 0 Å². The fraction of sp³-hybridized carbons (Fsp3) is 0.750. The molecule has 0 saturated carbocycles. The molecule has 3 nitrogen and oxygen atoms in total. The molecular weight excluding hydrogens is 140 g/mol. The van der Waals surface area contributed by atoms with E-state index in [0.717, 1.165) is 0 Å². The van der Waals surface area contributed by atoms with Crippen LogP contribution in [0.15, 0.2) is 0 Å². The fourth-order valence-corrected chi connectivity index (χ4v) is 0.841. The average molecular weight is 156 g/mol. The first-order valence-electron chi connectivity index (χ1n) is 3.59. The molecule has 64 valence electrons. The van der Waals surface area contributed by atoms with Crippen LogP contribution < -0.4 is 5.73 Å². The summed E-state index contributed by atoms with van der Waals surface area (Å²) >= 11 is 0. The normalized spacial score (nSPS) is 13.0. The molecule has 0 fully saturated rings. The first-order chi connectivity index (χ1) is 5.26. The summed E-state index contributed by atoms with van der Waals surface area (Å²) < 4.78 is 4.97. The highest BCUT2D eigenvalue weighted by Crippen LogP contribution is 1.93. The lowest BCUT2D eigenvalue weighted by Crippen LogP contribution is -2.41. The van der Waals surface area contributed by atoms with Gasteiger partial charge in [-0.25, -0.2) is 0 Å². The van der Waals surface area contributed by atoms with Crippen molar-refractivity contribution in [1.29, 1.82) is 0 Å². The molecule has 0 rings (SSSR count). The van der Waals surface area contributed by atoms with E-state index in [-0.39, 0.29) is 6.04 Å². The number of methoxy groups -OCH3 is 1. The molecule has 0 radical (unpaired) electrons. The van der Waals surface area contributed by atoms with Gasteiger partial charge in [0.15, 0.2) is 0 Å². The number of ether oxygens (including phenoxy) is 1. The van der Waals surface area contributed by atoms with Gasteiger partial charge in [0.25, 0.3) is 0 Å². The third-order valence-corrected chi connectivity index (χ3v) is 1.60. The van der Waals surface area contributed by atoms with Crippen LogP contribution in [0, 0.1) is 12.3 Å². The number of hydrogen-bond acceptors (Lipinski definition) is 3. The monoisotopic (exact) mass is 156 g/mol. The Kier molecular flexibility index (Phi) is 5.86. The average Bonchev–Trinajstić information content (AvgIpc) is 2.00. The Hall–Kier alpha value is -0.560. The van der Waals surface area contributed by atoms with Crippen LogP contribution in [-0.2, 0) is 4.74 Å². The van der Waals surface area contributed by atoms with Crippen LogP contribution in [-0.4, -0.2) is 44.8 Å². The summed E-state index contributed by atoms with van der Waals surface area (Å²) in [5.41, 5.74) is 5.50. The Bertz CT molecular complexity index is 131. The molecule has 0 heterocycles. The van der Waals surface area contributed by atoms with Crippen LogP contribution in [0.1, 0.15) is 0 Å². The molecule has 0 aromatic rings. The second-order valence-corrected chi connectivity index (χ2v) is 2.46. The molecule has 0 bridgehead atoms. The van der Waals surface area contributed by atoms with Gasteiger partial charge in [-0.05, 0) is 7.05 Å². The third kappa shape index (κ3) is 3.99. The summed E-state index contributed by atoms with van der Waals surface area (Å²) in [6.45, 7) is 1.83. The Balaban J connectivity index is 3.73. The number of nitrogens with two attached hydrogens (primary N) is 1. The highest BCUT2D eigenvalue weighted by Gasteiger charge is 2.10. The lowest BCUT2D eigenvalue weighted by molar-refractivity contribution is 0.118. The van der Waals surface area contributed by atoms with Gasteiger partial charge in [0.2, 0.25) is 0 Å². The standard InChI is InChI=1S/C8H16N2O/c1-4-5-10(2)8(6-9)7-11-3/h1,8H,5-7,9H2,2-3H3. The maximum Gasteiger partial charge on any atom is 0.0630 e. The van der Waals surface area contributed by atoms with Crippen molar-refractivity contribution in [2.45, 2.75) is 6.04 Å². The van der Waals surface area contributed by atoms with Crippen molar-refractivity contribution in [3.05, 3.63) is 0 Å². The van der Waals surface area contributed by atoms with Crippen molar-refractivity contribution in [1.82, 2.24) is 4.90 Å². The summed E-state index contributed by atoms with van der Waals surface area (Å²) in [6.07, 6.45) is 5.14. The Morgan fingerprint density at radius 3 is 2.73 bits per heavy atom. The van der Waals surface area contributed by atoms with Crippen LogP contribution >= 0.6 is 0 Å². The summed E-state index contributed by atoms with van der Waals surface area (Å²) in [7, 11) is 3.60. The molecule has 0 amide bonds. The van der Waals surface area contributed by atoms with Gasteiger partial charge in [0.05, 0.1) is 13.2 Å². The second kappa shape index (κ2) is 6.17. The van der Waals surface area contributed by atoms with Crippen molar-refractivity contribution in [3.63, 3.8) is 0 Å². The van der Waals surface area contributed by atoms with Crippen molar-refractivity contribution in [3.8, 4) is 12.3 Å². The molecule has 1 atom stereocenters. The van der Waals surface area contributed by atoms with E-state index in [0.29, 0.717) is 19.7 Å². The topological polar surface area (TPSA) is 38.5 Å². The summed E-state index contributed by atoms with van der Waals surface area (Å²) in [4.78, 5) is 2.00. The van der Waals surface area contributed by atoms with Gasteiger partial charge in [-0.15, -0.1) is 6.42 Å². The molecule has 1 unspecified atom stereocenters. The molecule has 0 spiro atoms. The molecule has 0 aliphatic carbocycles. The van der Waals surface area contributed by atoms with Crippen molar-refractivity contribution in [2.24, 2.45) is 5.73 Å². The molecule has 2 N–H and O–H groups in total. The van der Waals surface area contributed by atoms with E-state index in [1.165, 1.54) is 0 Å². The Morgan fingerprint density at radius 1 is 1.73 bits per heavy atom. The van der Waals surface area contributed by atoms with Gasteiger partial charge in [-0.1, -0.05) is 5.92 Å². The van der Waals surface area contributed by atoms with Crippen LogP contribution in [0.2, 0.25) is 0 Å². The van der Waals surface area contributed by atoms with Crippen LogP contribution in [0.5, 0.6) is 0 Å². The van der Waals surface area contributed by atoms with E-state index < -0.39 is 0 Å². The first kappa shape index (κ1) is 10.4. The maximum absolute atomic E-state index is 5.50. The summed E-state index contributed by atoms with van der Waals surface area (Å²) in [6, 6.07) is 0.232. The Labute approximate surface area is 68.5 Å². The van der Waals surface area contributed by atoms with Gasteiger partial charge in [-0.2, -0.15) is 0 Å². The molecule has 0 aliphatic heterocycles. The van der Waals surface area contributed by atoms with Crippen molar-refractivity contribution >= 4 is 0 Å². The minimum Gasteiger partial charge on any atom is -0.383 e. The van der Waals surface area contributed by atoms with Crippen LogP contribution in [0.25, 0.3) is 0 Å². The van der Waals surface area contributed by atoms with Gasteiger partial charge in [-0.3, -0.25) is 4.90 Å². The predicted molar refractivity (Wildman–Crippen MR) is 46.2 cm³/mol. The molecule has 0 aliphatic rings. The summed E-state index contributed by atoms with van der Waals surface area (Å²) in [5.74, 6) is 2.56. The lowest BCUT2D eigenvalue weighted by Gasteiger charge is -2.23. The molecule has 0 aromatic carbocycles. The highest BCUT2D eigenvalue weighted by molar-refractivity contribution is 4.89. The van der Waals surface area contributed by atoms with Gasteiger partial charge in [0, 0.05) is 19.7 Å². The number of terminal acetylenes is 1. The number of likely N-dealkylation sites (N-methyl/N-ethyl adjacent to an activating group) is 1. The van der Waals surface area contributed by atoms with E-state index in [2.05, 4.69) is 5.92 Å². The zero-order valence-corrected chi connectivity index (χ0v) is 7.21. The maximum atomic E-state index is 5.50. The number of rotatable bonds is 5. The van der Waals surface area contributed by atoms with E-state index in [4.69, 9.17) is 16.9 Å². The first-order valence-corrected chi connectivity index (χ1v) is 3.59. The fourth-order valence-electron chi connectivity index (χ4n) is 0.841. The third-order valence-electron chi connectivity index (χ3n) is 1.60. The summed E-state index contributed by atoms with van der Waals surface area (Å²) in [5, 5.41) is 0. The largest absolute Gasteiger partial charge is 0.383 e. The lowest BCUT2D eigenvalue weighted by atomic mass is 10.3. The van der Waals surface area contributed by atoms with E-state index in [1.54, 1.807) is 7.11 Å². The van der Waals surface area contributed by atoms with Gasteiger partial charge in [0.1, 0.15) is 0 Å². The molecular formula is C8H16N2O. The zero-order valence-electron chi connectivity index (χ0n) is 7.21. The molecule has 0 saturated heterocycles. The van der Waals surface area contributed by atoms with Gasteiger partial charge >= 0.3 is 0 Å². The van der Waals surface area contributed by atoms with E-state index in [1.807, 2.05) is 11.9 Å². The van der Waals surface area contributed by atoms with Gasteiger partial charge < -0.3 is 10.5 Å². The second-order valence-electron chi connectivity index (χ2n) is 2.46. The minimum absolute atomic E-state index is 0.232. The predicted octanol–water partition coefficient (Wildman–Crippen LogP) is -0.475. The number of nitrogens with zero attached hydrogens (tertiary/aromatic N) is 1. The highest BCUT2D eigenvalue weighted by atomic mass is 16.5. The van der Waals surface area contributed by atoms with Crippen LogP contribution in [0.4, 0.5) is 0 Å². The molecule has 0 aromatic heterocycles. The van der Waals surface area contributed by atoms with E-state index >= 15 is 0 Å². The SMILES string of the molecule is C#CCN(C)C(CN)COC. The Morgan fingerprint density at radius 2 is 2.36 bits per heavy atom. The number of hydrogen-bond donors (Lipinski definition) is 1. The zero-order chi connectivity index (χ0) is 8.69. The smallest absolute Gasteiger partial charge is 0.0630 e. The molecule has 11 heavy (non-hydrogen) atoms. The quantitative estimate of drug-likeness (QED) is 0.547. The van der Waals surface area contributed by atoms with Crippen molar-refractivity contribution in [2.75, 3.05) is 33.9 Å². The van der Waals surface area contributed by atoms with Crippen LogP contribution in [0.3, 0.4) is 0 Å². The minimum atomic E-state index is 0.232.